The smallest absolute Gasteiger partial charge is 0.264 e. The normalized spacial score (nSPS) is 11.2. The van der Waals surface area contributed by atoms with Crippen molar-refractivity contribution < 1.29 is 9.21 Å². The molecule has 0 aliphatic carbocycles. The van der Waals surface area contributed by atoms with Crippen molar-refractivity contribution in [2.24, 2.45) is 0 Å². The van der Waals surface area contributed by atoms with E-state index in [-0.39, 0.29) is 11.5 Å². The van der Waals surface area contributed by atoms with Gasteiger partial charge in [-0.15, -0.1) is 0 Å². The molecule has 2 rings (SSSR count). The fourth-order valence-electron chi connectivity index (χ4n) is 2.23. The molecular formula is C18H16Cl2N2O2. The van der Waals surface area contributed by atoms with Crippen LogP contribution in [0.15, 0.2) is 40.3 Å². The fraction of sp³-hybridized carbons (Fsp3) is 0.222. The summed E-state index contributed by atoms with van der Waals surface area (Å²) in [4.78, 5) is 13.8. The zero-order valence-corrected chi connectivity index (χ0v) is 14.9. The summed E-state index contributed by atoms with van der Waals surface area (Å²) in [6.45, 7) is 4.80. The number of halogens is 2. The first-order valence-corrected chi connectivity index (χ1v) is 8.22. The number of hydrogen-bond donors (Lipinski definition) is 0. The number of carbonyl (C=O) groups is 1. The van der Waals surface area contributed by atoms with Crippen molar-refractivity contribution in [3.8, 4) is 17.4 Å². The Morgan fingerprint density at radius 2 is 1.96 bits per heavy atom. The number of benzene rings is 1. The van der Waals surface area contributed by atoms with E-state index in [1.807, 2.05) is 19.9 Å². The first-order valence-electron chi connectivity index (χ1n) is 7.46. The Morgan fingerprint density at radius 1 is 1.25 bits per heavy atom. The van der Waals surface area contributed by atoms with E-state index in [9.17, 15) is 10.1 Å². The highest BCUT2D eigenvalue weighted by Crippen LogP contribution is 2.32. The van der Waals surface area contributed by atoms with Gasteiger partial charge in [0.1, 0.15) is 23.2 Å². The number of hydrogen-bond acceptors (Lipinski definition) is 3. The lowest BCUT2D eigenvalue weighted by Crippen LogP contribution is -2.31. The van der Waals surface area contributed by atoms with Crippen LogP contribution in [0.2, 0.25) is 10.0 Å². The predicted octanol–water partition coefficient (Wildman–Crippen LogP) is 5.03. The van der Waals surface area contributed by atoms with Crippen LogP contribution in [0.4, 0.5) is 0 Å². The fourth-order valence-corrected chi connectivity index (χ4v) is 2.61. The minimum atomic E-state index is -0.318. The molecule has 0 spiro atoms. The van der Waals surface area contributed by atoms with Crippen LogP contribution in [-0.2, 0) is 4.79 Å². The van der Waals surface area contributed by atoms with Gasteiger partial charge in [-0.05, 0) is 44.2 Å². The Bertz CT molecular complexity index is 815. The molecule has 0 aliphatic rings. The molecule has 1 aromatic carbocycles. The van der Waals surface area contributed by atoms with Gasteiger partial charge in [0.05, 0.1) is 5.02 Å². The van der Waals surface area contributed by atoms with Gasteiger partial charge in [0.2, 0.25) is 0 Å². The molecule has 124 valence electrons. The van der Waals surface area contributed by atoms with E-state index in [1.54, 1.807) is 35.2 Å². The minimum Gasteiger partial charge on any atom is -0.457 e. The van der Waals surface area contributed by atoms with Crippen LogP contribution in [-0.4, -0.2) is 23.9 Å². The standard InChI is InChI=1S/C18H16Cl2N2O2/c1-3-22(4-2)18(23)12(11-21)9-14-6-8-17(24-14)15-10-13(19)5-7-16(15)20/h5-10H,3-4H2,1-2H3. The second-order valence-electron chi connectivity index (χ2n) is 4.97. The summed E-state index contributed by atoms with van der Waals surface area (Å²) >= 11 is 12.1. The first-order chi connectivity index (χ1) is 11.5. The van der Waals surface area contributed by atoms with Gasteiger partial charge in [0, 0.05) is 29.8 Å². The van der Waals surface area contributed by atoms with E-state index in [0.29, 0.717) is 40.2 Å². The largest absolute Gasteiger partial charge is 0.457 e. The summed E-state index contributed by atoms with van der Waals surface area (Å²) in [5, 5.41) is 10.3. The van der Waals surface area contributed by atoms with E-state index in [0.717, 1.165) is 0 Å². The van der Waals surface area contributed by atoms with Crippen LogP contribution >= 0.6 is 23.2 Å². The number of carbonyl (C=O) groups excluding carboxylic acids is 1. The highest BCUT2D eigenvalue weighted by molar-refractivity contribution is 6.35. The van der Waals surface area contributed by atoms with Crippen LogP contribution in [0.25, 0.3) is 17.4 Å². The summed E-state index contributed by atoms with van der Waals surface area (Å²) in [5.74, 6) is 0.598. The molecule has 0 fully saturated rings. The second-order valence-corrected chi connectivity index (χ2v) is 5.82. The Morgan fingerprint density at radius 3 is 2.58 bits per heavy atom. The summed E-state index contributed by atoms with van der Waals surface area (Å²) in [7, 11) is 0. The van der Waals surface area contributed by atoms with Crippen molar-refractivity contribution in [1.29, 1.82) is 5.26 Å². The Labute approximate surface area is 150 Å². The second kappa shape index (κ2) is 8.05. The minimum absolute atomic E-state index is 0.0248. The molecule has 0 saturated heterocycles. The molecule has 24 heavy (non-hydrogen) atoms. The van der Waals surface area contributed by atoms with Crippen LogP contribution in [0.3, 0.4) is 0 Å². The summed E-state index contributed by atoms with van der Waals surface area (Å²) < 4.78 is 5.69. The molecule has 1 aromatic heterocycles. The maximum absolute atomic E-state index is 12.3. The maximum atomic E-state index is 12.3. The van der Waals surface area contributed by atoms with Gasteiger partial charge in [-0.2, -0.15) is 5.26 Å². The van der Waals surface area contributed by atoms with Gasteiger partial charge in [0.15, 0.2) is 0 Å². The van der Waals surface area contributed by atoms with Crippen LogP contribution in [0.5, 0.6) is 0 Å². The van der Waals surface area contributed by atoms with Gasteiger partial charge in [-0.25, -0.2) is 0 Å². The van der Waals surface area contributed by atoms with Crippen molar-refractivity contribution in [2.45, 2.75) is 13.8 Å². The van der Waals surface area contributed by atoms with Crippen molar-refractivity contribution in [2.75, 3.05) is 13.1 Å². The lowest BCUT2D eigenvalue weighted by Gasteiger charge is -2.17. The highest BCUT2D eigenvalue weighted by Gasteiger charge is 2.16. The van der Waals surface area contributed by atoms with Gasteiger partial charge < -0.3 is 9.32 Å². The van der Waals surface area contributed by atoms with Gasteiger partial charge in [-0.3, -0.25) is 4.79 Å². The molecule has 0 aliphatic heterocycles. The van der Waals surface area contributed by atoms with E-state index in [4.69, 9.17) is 27.6 Å². The number of nitriles is 1. The van der Waals surface area contributed by atoms with Crippen molar-refractivity contribution in [3.05, 3.63) is 51.7 Å². The summed E-state index contributed by atoms with van der Waals surface area (Å²) in [5.41, 5.74) is 0.675. The monoisotopic (exact) mass is 362 g/mol. The first kappa shape index (κ1) is 18.1. The van der Waals surface area contributed by atoms with Crippen molar-refractivity contribution in [1.82, 2.24) is 4.90 Å². The molecule has 6 heteroatoms. The SMILES string of the molecule is CCN(CC)C(=O)C(C#N)=Cc1ccc(-c2cc(Cl)ccc2Cl)o1. The molecule has 1 heterocycles. The molecule has 0 atom stereocenters. The number of furan rings is 1. The molecule has 2 aromatic rings. The highest BCUT2D eigenvalue weighted by atomic mass is 35.5. The molecule has 0 saturated carbocycles. The average Bonchev–Trinajstić information content (AvgIpc) is 3.04. The third kappa shape index (κ3) is 4.00. The zero-order chi connectivity index (χ0) is 17.7. The average molecular weight is 363 g/mol. The Balaban J connectivity index is 2.34. The third-order valence-corrected chi connectivity index (χ3v) is 4.07. The van der Waals surface area contributed by atoms with E-state index < -0.39 is 0 Å². The Kier molecular flexibility index (Phi) is 6.08. The Hall–Kier alpha value is -2.22. The van der Waals surface area contributed by atoms with E-state index in [1.165, 1.54) is 6.08 Å². The molecule has 1 amide bonds. The summed E-state index contributed by atoms with van der Waals surface area (Å²) in [6, 6.07) is 10.4. The molecule has 0 radical (unpaired) electrons. The van der Waals surface area contributed by atoms with Crippen LogP contribution < -0.4 is 0 Å². The lowest BCUT2D eigenvalue weighted by molar-refractivity contribution is -0.126. The number of amides is 1. The third-order valence-electron chi connectivity index (χ3n) is 3.51. The van der Waals surface area contributed by atoms with E-state index >= 15 is 0 Å². The predicted molar refractivity (Wildman–Crippen MR) is 95.7 cm³/mol. The topological polar surface area (TPSA) is 57.2 Å². The number of likely N-dealkylation sites (N-methyl/N-ethyl adjacent to an activating group) is 1. The molecule has 0 N–H and O–H groups in total. The number of nitrogens with zero attached hydrogens (tertiary/aromatic N) is 2. The quantitative estimate of drug-likeness (QED) is 0.553. The van der Waals surface area contributed by atoms with E-state index in [2.05, 4.69) is 0 Å². The molecular weight excluding hydrogens is 347 g/mol. The zero-order valence-electron chi connectivity index (χ0n) is 13.3. The van der Waals surface area contributed by atoms with Gasteiger partial charge in [-0.1, -0.05) is 23.2 Å². The number of rotatable bonds is 5. The van der Waals surface area contributed by atoms with Crippen molar-refractivity contribution in [3.63, 3.8) is 0 Å². The van der Waals surface area contributed by atoms with Crippen LogP contribution in [0, 0.1) is 11.3 Å². The maximum Gasteiger partial charge on any atom is 0.264 e. The van der Waals surface area contributed by atoms with Crippen LogP contribution in [0.1, 0.15) is 19.6 Å². The molecule has 0 unspecified atom stereocenters. The van der Waals surface area contributed by atoms with Gasteiger partial charge in [0.25, 0.3) is 5.91 Å². The van der Waals surface area contributed by atoms with Crippen molar-refractivity contribution >= 4 is 35.2 Å². The molecule has 0 bridgehead atoms. The van der Waals surface area contributed by atoms with Gasteiger partial charge >= 0.3 is 0 Å². The lowest BCUT2D eigenvalue weighted by atomic mass is 10.2. The summed E-state index contributed by atoms with van der Waals surface area (Å²) in [6.07, 6.45) is 1.43. The molecule has 4 nitrogen and oxygen atoms in total.